The lowest BCUT2D eigenvalue weighted by atomic mass is 10.0. The maximum Gasteiger partial charge on any atom is 0.244 e. The van der Waals surface area contributed by atoms with E-state index in [2.05, 4.69) is 5.32 Å². The average Bonchev–Trinajstić information content (AvgIpc) is 2.90. The van der Waals surface area contributed by atoms with Gasteiger partial charge in [0.15, 0.2) is 0 Å². The number of carbonyl (C=O) groups excluding carboxylic acids is 2. The molecule has 0 radical (unpaired) electrons. The number of rotatable bonds is 12. The molecule has 0 aliphatic heterocycles. The van der Waals surface area contributed by atoms with E-state index in [1.54, 1.807) is 36.4 Å². The van der Waals surface area contributed by atoms with Crippen LogP contribution < -0.4 is 9.62 Å². The Morgan fingerprint density at radius 2 is 1.60 bits per heavy atom. The first-order chi connectivity index (χ1) is 18.9. The molecule has 0 spiro atoms. The van der Waals surface area contributed by atoms with E-state index in [4.69, 9.17) is 34.8 Å². The fourth-order valence-electron chi connectivity index (χ4n) is 4.07. The lowest BCUT2D eigenvalue weighted by molar-refractivity contribution is -0.140. The number of amides is 2. The molecule has 0 saturated heterocycles. The van der Waals surface area contributed by atoms with E-state index in [-0.39, 0.29) is 30.6 Å². The molecular formula is C29H32Cl3N3O4S. The van der Waals surface area contributed by atoms with Crippen molar-refractivity contribution in [3.63, 3.8) is 0 Å². The molecule has 11 heteroatoms. The molecule has 0 aliphatic rings. The summed E-state index contributed by atoms with van der Waals surface area (Å²) in [7, 11) is -3.89. The van der Waals surface area contributed by atoms with Crippen molar-refractivity contribution in [2.75, 3.05) is 17.1 Å². The summed E-state index contributed by atoms with van der Waals surface area (Å²) in [6, 6.07) is 19.3. The van der Waals surface area contributed by atoms with Gasteiger partial charge in [-0.2, -0.15) is 0 Å². The van der Waals surface area contributed by atoms with Crippen LogP contribution in [0.1, 0.15) is 31.4 Å². The molecule has 0 aromatic heterocycles. The summed E-state index contributed by atoms with van der Waals surface area (Å²) >= 11 is 18.7. The van der Waals surface area contributed by atoms with Gasteiger partial charge in [0.05, 0.1) is 11.9 Å². The number of nitrogens with zero attached hydrogens (tertiary/aromatic N) is 2. The molecule has 2 atom stereocenters. The molecule has 1 N–H and O–H groups in total. The SMILES string of the molecule is CC[C@@H](C)NC(=O)[C@@H](Cc1ccccc1)N(Cc1ccc(Cl)cc1Cl)C(=O)CN(c1cccc(Cl)c1)S(C)(=O)=O. The zero-order chi connectivity index (χ0) is 29.4. The van der Waals surface area contributed by atoms with E-state index >= 15 is 0 Å². The molecule has 0 aliphatic carbocycles. The van der Waals surface area contributed by atoms with Crippen LogP contribution in [0.5, 0.6) is 0 Å². The minimum absolute atomic E-state index is 0.0482. The van der Waals surface area contributed by atoms with Gasteiger partial charge in [-0.15, -0.1) is 0 Å². The van der Waals surface area contributed by atoms with E-state index in [1.807, 2.05) is 44.2 Å². The lowest BCUT2D eigenvalue weighted by Gasteiger charge is -2.34. The number of benzene rings is 3. The number of nitrogens with one attached hydrogen (secondary N) is 1. The number of sulfonamides is 1. The Balaban J connectivity index is 2.09. The van der Waals surface area contributed by atoms with Crippen molar-refractivity contribution >= 4 is 62.3 Å². The first-order valence-electron chi connectivity index (χ1n) is 12.7. The van der Waals surface area contributed by atoms with Crippen LogP contribution in [0.4, 0.5) is 5.69 Å². The van der Waals surface area contributed by atoms with E-state index < -0.39 is 28.5 Å². The van der Waals surface area contributed by atoms with Crippen molar-refractivity contribution in [3.05, 3.63) is 99.0 Å². The fourth-order valence-corrected chi connectivity index (χ4v) is 5.57. The summed E-state index contributed by atoms with van der Waals surface area (Å²) < 4.78 is 26.6. The minimum Gasteiger partial charge on any atom is -0.352 e. The molecule has 7 nitrogen and oxygen atoms in total. The van der Waals surface area contributed by atoms with Crippen LogP contribution in [-0.4, -0.2) is 50.0 Å². The lowest BCUT2D eigenvalue weighted by Crippen LogP contribution is -2.54. The van der Waals surface area contributed by atoms with Gasteiger partial charge in [0.1, 0.15) is 12.6 Å². The minimum atomic E-state index is -3.89. The zero-order valence-corrected chi connectivity index (χ0v) is 25.6. The Bertz CT molecular complexity index is 1440. The van der Waals surface area contributed by atoms with Gasteiger partial charge in [-0.25, -0.2) is 8.42 Å². The molecule has 3 aromatic carbocycles. The van der Waals surface area contributed by atoms with E-state index in [9.17, 15) is 18.0 Å². The zero-order valence-electron chi connectivity index (χ0n) is 22.5. The maximum absolute atomic E-state index is 14.1. The Morgan fingerprint density at radius 1 is 0.925 bits per heavy atom. The van der Waals surface area contributed by atoms with Crippen molar-refractivity contribution in [1.29, 1.82) is 0 Å². The van der Waals surface area contributed by atoms with Crippen LogP contribution in [-0.2, 0) is 32.6 Å². The summed E-state index contributed by atoms with van der Waals surface area (Å²) in [5, 5.41) is 4.04. The number of hydrogen-bond donors (Lipinski definition) is 1. The number of carbonyl (C=O) groups is 2. The molecule has 0 heterocycles. The van der Waals surface area contributed by atoms with Crippen LogP contribution in [0.25, 0.3) is 0 Å². The highest BCUT2D eigenvalue weighted by molar-refractivity contribution is 7.92. The molecule has 40 heavy (non-hydrogen) atoms. The van der Waals surface area contributed by atoms with Gasteiger partial charge < -0.3 is 10.2 Å². The quantitative estimate of drug-likeness (QED) is 0.269. The van der Waals surface area contributed by atoms with Crippen LogP contribution >= 0.6 is 34.8 Å². The summed E-state index contributed by atoms with van der Waals surface area (Å²) in [6.45, 7) is 3.23. The molecule has 2 amide bonds. The van der Waals surface area contributed by atoms with Gasteiger partial charge in [0.2, 0.25) is 21.8 Å². The average molecular weight is 625 g/mol. The Hall–Kier alpha value is -2.78. The highest BCUT2D eigenvalue weighted by Gasteiger charge is 2.33. The third-order valence-corrected chi connectivity index (χ3v) is 8.37. The van der Waals surface area contributed by atoms with Gasteiger partial charge >= 0.3 is 0 Å². The molecule has 214 valence electrons. The smallest absolute Gasteiger partial charge is 0.244 e. The van der Waals surface area contributed by atoms with Crippen molar-refractivity contribution in [1.82, 2.24) is 10.2 Å². The van der Waals surface area contributed by atoms with Crippen molar-refractivity contribution in [2.45, 2.75) is 45.3 Å². The standard InChI is InChI=1S/C29H32Cl3N3O4S/c1-4-20(2)33-29(37)27(15-21-9-6-5-7-10-21)34(18-22-13-14-24(31)17-26(22)32)28(36)19-35(40(3,38)39)25-12-8-11-23(30)16-25/h5-14,16-17,20,27H,4,15,18-19H2,1-3H3,(H,33,37)/t20-,27-/m1/s1. The summed E-state index contributed by atoms with van der Waals surface area (Å²) in [5.74, 6) is -0.943. The van der Waals surface area contributed by atoms with E-state index in [1.165, 1.54) is 11.0 Å². The van der Waals surface area contributed by atoms with Crippen molar-refractivity contribution < 1.29 is 18.0 Å². The van der Waals surface area contributed by atoms with Crippen LogP contribution in [0.3, 0.4) is 0 Å². The first-order valence-corrected chi connectivity index (χ1v) is 15.7. The van der Waals surface area contributed by atoms with Gasteiger partial charge in [-0.05, 0) is 54.8 Å². The second-order valence-electron chi connectivity index (χ2n) is 9.53. The van der Waals surface area contributed by atoms with E-state index in [0.29, 0.717) is 27.1 Å². The van der Waals surface area contributed by atoms with Crippen molar-refractivity contribution in [2.24, 2.45) is 0 Å². The summed E-state index contributed by atoms with van der Waals surface area (Å²) in [4.78, 5) is 29.1. The molecule has 0 saturated carbocycles. The largest absolute Gasteiger partial charge is 0.352 e. The van der Waals surface area contributed by atoms with Crippen LogP contribution in [0.2, 0.25) is 15.1 Å². The van der Waals surface area contributed by atoms with Crippen LogP contribution in [0, 0.1) is 0 Å². The van der Waals surface area contributed by atoms with Crippen molar-refractivity contribution in [3.8, 4) is 0 Å². The van der Waals surface area contributed by atoms with Gasteiger partial charge in [0, 0.05) is 34.1 Å². The third kappa shape index (κ3) is 8.86. The van der Waals surface area contributed by atoms with Crippen LogP contribution in [0.15, 0.2) is 72.8 Å². The topological polar surface area (TPSA) is 86.8 Å². The molecular weight excluding hydrogens is 593 g/mol. The fraction of sp³-hybridized carbons (Fsp3) is 0.310. The summed E-state index contributed by atoms with van der Waals surface area (Å²) in [6.07, 6.45) is 1.91. The maximum atomic E-state index is 14.1. The Labute approximate surface area is 251 Å². The highest BCUT2D eigenvalue weighted by atomic mass is 35.5. The van der Waals surface area contributed by atoms with E-state index in [0.717, 1.165) is 16.1 Å². The van der Waals surface area contributed by atoms with Gasteiger partial charge in [0.25, 0.3) is 0 Å². The molecule has 3 aromatic rings. The molecule has 0 unspecified atom stereocenters. The predicted octanol–water partition coefficient (Wildman–Crippen LogP) is 5.97. The Morgan fingerprint density at radius 3 is 2.20 bits per heavy atom. The first kappa shape index (κ1) is 31.7. The normalized spacial score (nSPS) is 12.8. The number of anilines is 1. The predicted molar refractivity (Wildman–Crippen MR) is 162 cm³/mol. The molecule has 0 bridgehead atoms. The monoisotopic (exact) mass is 623 g/mol. The molecule has 0 fully saturated rings. The number of halogens is 3. The molecule has 3 rings (SSSR count). The second-order valence-corrected chi connectivity index (χ2v) is 12.7. The Kier molecular flexibility index (Phi) is 11.3. The van der Waals surface area contributed by atoms with Gasteiger partial charge in [-0.3, -0.25) is 13.9 Å². The highest BCUT2D eigenvalue weighted by Crippen LogP contribution is 2.26. The third-order valence-electron chi connectivity index (χ3n) is 6.40. The second kappa shape index (κ2) is 14.2. The summed E-state index contributed by atoms with van der Waals surface area (Å²) in [5.41, 5.74) is 1.63. The van der Waals surface area contributed by atoms with Gasteiger partial charge in [-0.1, -0.05) is 84.2 Å². The number of hydrogen-bond acceptors (Lipinski definition) is 4.